The maximum atomic E-state index is 13.1. The number of carbonyl (C=O) groups is 1. The number of carboxylic acid groups (broad SMARTS) is 1. The molecule has 24 heavy (non-hydrogen) atoms. The van der Waals surface area contributed by atoms with E-state index >= 15 is 0 Å². The van der Waals surface area contributed by atoms with E-state index in [1.54, 1.807) is 36.4 Å². The Bertz CT molecular complexity index is 886. The van der Waals surface area contributed by atoms with Crippen molar-refractivity contribution in [1.29, 1.82) is 0 Å². The van der Waals surface area contributed by atoms with E-state index in [0.717, 1.165) is 10.7 Å². The molecule has 3 rings (SSSR count). The average molecular weight is 332 g/mol. The Hall–Kier alpha value is -3.09. The van der Waals surface area contributed by atoms with Crippen molar-refractivity contribution in [3.05, 3.63) is 71.9 Å². The summed E-state index contributed by atoms with van der Waals surface area (Å²) in [6.07, 6.45) is -4.63. The predicted octanol–water partition coefficient (Wildman–Crippen LogP) is 4.26. The van der Waals surface area contributed by atoms with E-state index in [4.69, 9.17) is 0 Å². The van der Waals surface area contributed by atoms with Crippen molar-refractivity contribution in [2.45, 2.75) is 6.18 Å². The van der Waals surface area contributed by atoms with Crippen LogP contribution in [0.1, 0.15) is 16.1 Å². The highest BCUT2D eigenvalue weighted by atomic mass is 19.4. The van der Waals surface area contributed by atoms with E-state index < -0.39 is 17.8 Å². The molecule has 3 aromatic rings. The molecule has 0 atom stereocenters. The molecule has 0 saturated carbocycles. The zero-order chi connectivity index (χ0) is 17.3. The van der Waals surface area contributed by atoms with Crippen LogP contribution in [-0.4, -0.2) is 20.9 Å². The van der Waals surface area contributed by atoms with Crippen LogP contribution in [0.4, 0.5) is 13.2 Å². The Morgan fingerprint density at radius 1 is 1.00 bits per heavy atom. The molecule has 122 valence electrons. The summed E-state index contributed by atoms with van der Waals surface area (Å²) in [7, 11) is 0. The number of aromatic nitrogens is 2. The first-order chi connectivity index (χ1) is 11.4. The first-order valence-corrected chi connectivity index (χ1v) is 6.93. The number of hydrogen-bond donors (Lipinski definition) is 1. The minimum atomic E-state index is -4.63. The third kappa shape index (κ3) is 2.88. The Kier molecular flexibility index (Phi) is 3.84. The molecule has 1 N–H and O–H groups in total. The first-order valence-electron chi connectivity index (χ1n) is 6.93. The lowest BCUT2D eigenvalue weighted by Crippen LogP contribution is -2.10. The second kappa shape index (κ2) is 5.84. The number of hydrogen-bond acceptors (Lipinski definition) is 2. The molecule has 0 amide bonds. The number of aromatic carboxylic acids is 1. The van der Waals surface area contributed by atoms with Gasteiger partial charge in [-0.15, -0.1) is 0 Å². The summed E-state index contributed by atoms with van der Waals surface area (Å²) in [6.45, 7) is 0. The molecule has 0 bridgehead atoms. The molecule has 1 heterocycles. The van der Waals surface area contributed by atoms with Gasteiger partial charge in [-0.05, 0) is 18.2 Å². The molecule has 0 unspecified atom stereocenters. The molecule has 0 saturated heterocycles. The molecule has 0 radical (unpaired) electrons. The topological polar surface area (TPSA) is 55.1 Å². The quantitative estimate of drug-likeness (QED) is 0.780. The monoisotopic (exact) mass is 332 g/mol. The van der Waals surface area contributed by atoms with Gasteiger partial charge in [0.05, 0.1) is 16.9 Å². The van der Waals surface area contributed by atoms with E-state index in [1.807, 2.05) is 0 Å². The van der Waals surface area contributed by atoms with Crippen molar-refractivity contribution < 1.29 is 23.1 Å². The summed E-state index contributed by atoms with van der Waals surface area (Å²) < 4.78 is 40.3. The molecule has 2 aromatic carbocycles. The molecule has 7 heteroatoms. The molecule has 0 fully saturated rings. The zero-order valence-electron chi connectivity index (χ0n) is 12.2. The Morgan fingerprint density at radius 2 is 1.62 bits per heavy atom. The summed E-state index contributed by atoms with van der Waals surface area (Å²) >= 11 is 0. The minimum absolute atomic E-state index is 0.0688. The predicted molar refractivity (Wildman–Crippen MR) is 81.0 cm³/mol. The second-order valence-corrected chi connectivity index (χ2v) is 5.01. The maximum Gasteiger partial charge on any atom is 0.435 e. The van der Waals surface area contributed by atoms with Crippen LogP contribution in [0.3, 0.4) is 0 Å². The van der Waals surface area contributed by atoms with Gasteiger partial charge in [0.25, 0.3) is 0 Å². The molecular formula is C17H11F3N2O2. The van der Waals surface area contributed by atoms with Gasteiger partial charge in [0.15, 0.2) is 5.69 Å². The standard InChI is InChI=1S/C17H11F3N2O2/c18-17(19,20)15-10-14(11-6-2-1-3-7-11)22(21-15)13-9-5-4-8-12(13)16(23)24/h1-10H,(H,23,24). The fraction of sp³-hybridized carbons (Fsp3) is 0.0588. The van der Waals surface area contributed by atoms with Crippen molar-refractivity contribution in [3.8, 4) is 16.9 Å². The zero-order valence-corrected chi connectivity index (χ0v) is 12.2. The van der Waals surface area contributed by atoms with Crippen LogP contribution in [-0.2, 0) is 6.18 Å². The van der Waals surface area contributed by atoms with Crippen molar-refractivity contribution in [3.63, 3.8) is 0 Å². The molecule has 0 spiro atoms. The Balaban J connectivity index is 2.28. The van der Waals surface area contributed by atoms with Crippen LogP contribution >= 0.6 is 0 Å². The Labute approximate surface area is 134 Å². The van der Waals surface area contributed by atoms with Crippen LogP contribution in [0.5, 0.6) is 0 Å². The van der Waals surface area contributed by atoms with E-state index in [0.29, 0.717) is 5.56 Å². The normalized spacial score (nSPS) is 11.5. The lowest BCUT2D eigenvalue weighted by Gasteiger charge is -2.10. The lowest BCUT2D eigenvalue weighted by molar-refractivity contribution is -0.141. The fourth-order valence-electron chi connectivity index (χ4n) is 2.36. The van der Waals surface area contributed by atoms with Gasteiger partial charge in [0.1, 0.15) is 0 Å². The SMILES string of the molecule is O=C(O)c1ccccc1-n1nc(C(F)(F)F)cc1-c1ccccc1. The second-order valence-electron chi connectivity index (χ2n) is 5.01. The number of nitrogens with zero attached hydrogens (tertiary/aromatic N) is 2. The first kappa shape index (κ1) is 15.8. The number of benzene rings is 2. The van der Waals surface area contributed by atoms with Crippen LogP contribution in [0.2, 0.25) is 0 Å². The van der Waals surface area contributed by atoms with Crippen molar-refractivity contribution >= 4 is 5.97 Å². The van der Waals surface area contributed by atoms with Gasteiger partial charge in [-0.3, -0.25) is 0 Å². The van der Waals surface area contributed by atoms with Crippen molar-refractivity contribution in [1.82, 2.24) is 9.78 Å². The van der Waals surface area contributed by atoms with E-state index in [9.17, 15) is 23.1 Å². The van der Waals surface area contributed by atoms with Crippen LogP contribution in [0.25, 0.3) is 16.9 Å². The number of para-hydroxylation sites is 1. The van der Waals surface area contributed by atoms with Gasteiger partial charge >= 0.3 is 12.1 Å². The summed E-state index contributed by atoms with van der Waals surface area (Å²) in [5.74, 6) is -1.24. The fourth-order valence-corrected chi connectivity index (χ4v) is 2.36. The summed E-state index contributed by atoms with van der Waals surface area (Å²) in [4.78, 5) is 11.4. The molecule has 4 nitrogen and oxygen atoms in total. The molecule has 0 aliphatic heterocycles. The molecular weight excluding hydrogens is 321 g/mol. The minimum Gasteiger partial charge on any atom is -0.478 e. The van der Waals surface area contributed by atoms with Crippen LogP contribution in [0, 0.1) is 0 Å². The van der Waals surface area contributed by atoms with Gasteiger partial charge in [0, 0.05) is 5.56 Å². The van der Waals surface area contributed by atoms with Crippen LogP contribution in [0.15, 0.2) is 60.7 Å². The maximum absolute atomic E-state index is 13.1. The van der Waals surface area contributed by atoms with Crippen LogP contribution < -0.4 is 0 Å². The average Bonchev–Trinajstić information content (AvgIpc) is 3.01. The van der Waals surface area contributed by atoms with E-state index in [-0.39, 0.29) is 16.9 Å². The largest absolute Gasteiger partial charge is 0.478 e. The highest BCUT2D eigenvalue weighted by molar-refractivity contribution is 5.92. The van der Waals surface area contributed by atoms with Gasteiger partial charge < -0.3 is 5.11 Å². The van der Waals surface area contributed by atoms with Gasteiger partial charge in [-0.25, -0.2) is 9.48 Å². The van der Waals surface area contributed by atoms with Gasteiger partial charge in [-0.2, -0.15) is 18.3 Å². The van der Waals surface area contributed by atoms with Crippen molar-refractivity contribution in [2.75, 3.05) is 0 Å². The molecule has 0 aliphatic rings. The molecule has 0 aliphatic carbocycles. The smallest absolute Gasteiger partial charge is 0.435 e. The van der Waals surface area contributed by atoms with Crippen molar-refractivity contribution in [2.24, 2.45) is 0 Å². The highest BCUT2D eigenvalue weighted by Gasteiger charge is 2.35. The lowest BCUT2D eigenvalue weighted by atomic mass is 10.1. The summed E-state index contributed by atoms with van der Waals surface area (Å²) in [5.41, 5.74) is -0.482. The summed E-state index contributed by atoms with van der Waals surface area (Å²) in [5, 5.41) is 12.9. The Morgan fingerprint density at radius 3 is 2.25 bits per heavy atom. The summed E-state index contributed by atoms with van der Waals surface area (Å²) in [6, 6.07) is 15.1. The number of alkyl halides is 3. The molecule has 1 aromatic heterocycles. The highest BCUT2D eigenvalue weighted by Crippen LogP contribution is 2.33. The number of carboxylic acids is 1. The number of rotatable bonds is 3. The third-order valence-electron chi connectivity index (χ3n) is 3.43. The number of halogens is 3. The third-order valence-corrected chi connectivity index (χ3v) is 3.43. The van der Waals surface area contributed by atoms with E-state index in [1.165, 1.54) is 18.2 Å². The van der Waals surface area contributed by atoms with Gasteiger partial charge in [-0.1, -0.05) is 42.5 Å². The van der Waals surface area contributed by atoms with E-state index in [2.05, 4.69) is 5.10 Å². The van der Waals surface area contributed by atoms with Gasteiger partial charge in [0.2, 0.25) is 0 Å².